The topological polar surface area (TPSA) is 110 Å². The second-order valence-corrected chi connectivity index (χ2v) is 16.7. The maximum absolute atomic E-state index is 16.3. The Morgan fingerprint density at radius 2 is 1.85 bits per heavy atom. The second kappa shape index (κ2) is 13.0. The van der Waals surface area contributed by atoms with Crippen LogP contribution in [0.1, 0.15) is 46.4 Å². The van der Waals surface area contributed by atoms with Crippen molar-refractivity contribution < 1.29 is 23.5 Å². The highest BCUT2D eigenvalue weighted by molar-refractivity contribution is 6.72. The molecule has 244 valence electrons. The standard InChI is InChI=1S/C36H40FN5O4Si/c1-5-19-42-31-17-16-27(38-34(44)26-14-10-7-11-15-26)21-29(31)36(35(42)45)24(2)33(47(3,4)37)32(46-36)18-20-41-22-30(39-40-41)28(23-43)25-12-8-6-9-13-25/h5-17,21-22,24,28,32-33,43H,1,18-20,23H2,2-4H3,(H,38,44)/t24-,28?,32+,33-,36+/m0/s1. The van der Waals surface area contributed by atoms with Crippen LogP contribution in [0.25, 0.3) is 0 Å². The van der Waals surface area contributed by atoms with Crippen molar-refractivity contribution in [1.29, 1.82) is 0 Å². The number of halogens is 1. The van der Waals surface area contributed by atoms with Gasteiger partial charge in [0.1, 0.15) is 0 Å². The van der Waals surface area contributed by atoms with Crippen LogP contribution in [0.15, 0.2) is 97.7 Å². The second-order valence-electron chi connectivity index (χ2n) is 12.9. The Hall–Kier alpha value is -4.45. The molecular weight excluding hydrogens is 614 g/mol. The molecule has 2 aliphatic heterocycles. The normalized spacial score (nSPS) is 22.8. The summed E-state index contributed by atoms with van der Waals surface area (Å²) < 4.78 is 24.8. The van der Waals surface area contributed by atoms with E-state index in [9.17, 15) is 14.7 Å². The van der Waals surface area contributed by atoms with Crippen LogP contribution in [0, 0.1) is 5.92 Å². The number of ether oxygens (including phenoxy) is 1. The summed E-state index contributed by atoms with van der Waals surface area (Å²) in [6, 6.07) is 23.9. The molecule has 1 fully saturated rings. The number of amides is 2. The van der Waals surface area contributed by atoms with Gasteiger partial charge in [-0.25, -0.2) is 0 Å². The van der Waals surface area contributed by atoms with Crippen molar-refractivity contribution in [2.75, 3.05) is 23.4 Å². The van der Waals surface area contributed by atoms with Gasteiger partial charge in [-0.15, -0.1) is 11.7 Å². The number of fused-ring (bicyclic) bond motifs is 2. The maximum Gasteiger partial charge on any atom is 0.264 e. The van der Waals surface area contributed by atoms with E-state index < -0.39 is 31.6 Å². The zero-order chi connectivity index (χ0) is 33.3. The number of aliphatic hydroxyl groups excluding tert-OH is 1. The first-order chi connectivity index (χ1) is 22.6. The summed E-state index contributed by atoms with van der Waals surface area (Å²) in [7, 11) is -3.38. The van der Waals surface area contributed by atoms with E-state index in [4.69, 9.17) is 4.74 Å². The summed E-state index contributed by atoms with van der Waals surface area (Å²) in [4.78, 5) is 29.0. The Labute approximate surface area is 275 Å². The number of aryl methyl sites for hydroxylation is 1. The molecule has 1 saturated heterocycles. The molecule has 9 nitrogen and oxygen atoms in total. The van der Waals surface area contributed by atoms with Crippen LogP contribution < -0.4 is 10.2 Å². The van der Waals surface area contributed by atoms with Gasteiger partial charge in [0, 0.05) is 47.6 Å². The highest BCUT2D eigenvalue weighted by Gasteiger charge is 2.66. The fourth-order valence-electron chi connectivity index (χ4n) is 7.39. The Kier molecular flexibility index (Phi) is 8.97. The molecule has 2 N–H and O–H groups in total. The number of aliphatic hydroxyl groups is 1. The van der Waals surface area contributed by atoms with Gasteiger partial charge in [0.25, 0.3) is 11.8 Å². The van der Waals surface area contributed by atoms with Crippen molar-refractivity contribution in [3.63, 3.8) is 0 Å². The van der Waals surface area contributed by atoms with Crippen LogP contribution in [0.5, 0.6) is 0 Å². The van der Waals surface area contributed by atoms with Gasteiger partial charge in [0.05, 0.1) is 30.0 Å². The van der Waals surface area contributed by atoms with Gasteiger partial charge in [-0.05, 0) is 55.4 Å². The molecule has 3 heterocycles. The third kappa shape index (κ3) is 5.94. The third-order valence-corrected chi connectivity index (χ3v) is 12.0. The number of nitrogens with one attached hydrogen (secondary N) is 1. The summed E-state index contributed by atoms with van der Waals surface area (Å²) >= 11 is 0. The molecule has 2 aliphatic rings. The number of aromatic nitrogens is 3. The van der Waals surface area contributed by atoms with Crippen molar-refractivity contribution in [3.8, 4) is 0 Å². The van der Waals surface area contributed by atoms with Gasteiger partial charge < -0.3 is 24.2 Å². The van der Waals surface area contributed by atoms with E-state index in [2.05, 4.69) is 22.2 Å². The van der Waals surface area contributed by atoms with E-state index in [-0.39, 0.29) is 30.9 Å². The first-order valence-electron chi connectivity index (χ1n) is 15.9. The van der Waals surface area contributed by atoms with E-state index in [1.54, 1.807) is 71.3 Å². The SMILES string of the molecule is C=CCN1C(=O)[C@]2(O[C@H](CCn3cc(C(CO)c4ccccc4)nn3)[C@@H]([Si](C)(C)F)[C@@H]2C)c2cc(NC(=O)c3ccccc3)ccc21. The minimum absolute atomic E-state index is 0.116. The molecule has 0 bridgehead atoms. The first kappa shape index (κ1) is 32.5. The molecule has 3 aromatic carbocycles. The van der Waals surface area contributed by atoms with Gasteiger partial charge in [-0.2, -0.15) is 0 Å². The predicted molar refractivity (Wildman–Crippen MR) is 181 cm³/mol. The molecule has 0 radical (unpaired) electrons. The number of hydrogen-bond acceptors (Lipinski definition) is 6. The van der Waals surface area contributed by atoms with Crippen molar-refractivity contribution in [2.24, 2.45) is 5.92 Å². The van der Waals surface area contributed by atoms with Gasteiger partial charge in [-0.3, -0.25) is 14.3 Å². The van der Waals surface area contributed by atoms with E-state index >= 15 is 4.11 Å². The lowest BCUT2D eigenvalue weighted by Gasteiger charge is -2.31. The van der Waals surface area contributed by atoms with E-state index in [0.29, 0.717) is 41.2 Å². The third-order valence-electron chi connectivity index (χ3n) is 9.51. The Balaban J connectivity index is 1.30. The van der Waals surface area contributed by atoms with Gasteiger partial charge in [0.15, 0.2) is 5.60 Å². The molecule has 1 aromatic heterocycles. The number of carbonyl (C=O) groups is 2. The highest BCUT2D eigenvalue weighted by Crippen LogP contribution is 2.60. The molecule has 2 amide bonds. The lowest BCUT2D eigenvalue weighted by atomic mass is 9.82. The number of benzene rings is 3. The van der Waals surface area contributed by atoms with Crippen LogP contribution in [-0.4, -0.2) is 59.6 Å². The van der Waals surface area contributed by atoms with Crippen LogP contribution in [0.4, 0.5) is 15.5 Å². The highest BCUT2D eigenvalue weighted by atomic mass is 28.4. The number of hydrogen-bond donors (Lipinski definition) is 2. The predicted octanol–water partition coefficient (Wildman–Crippen LogP) is 6.05. The summed E-state index contributed by atoms with van der Waals surface area (Å²) in [5.74, 6) is -1.33. The van der Waals surface area contributed by atoms with Crippen molar-refractivity contribution in [1.82, 2.24) is 15.0 Å². The maximum atomic E-state index is 16.3. The Morgan fingerprint density at radius 1 is 1.15 bits per heavy atom. The molecule has 1 unspecified atom stereocenters. The van der Waals surface area contributed by atoms with E-state index in [1.807, 2.05) is 49.4 Å². The molecule has 5 atom stereocenters. The fraction of sp³-hybridized carbons (Fsp3) is 0.333. The minimum Gasteiger partial charge on any atom is -0.395 e. The smallest absolute Gasteiger partial charge is 0.264 e. The van der Waals surface area contributed by atoms with Crippen LogP contribution in [-0.2, 0) is 21.7 Å². The zero-order valence-corrected chi connectivity index (χ0v) is 27.8. The molecule has 1 spiro atoms. The van der Waals surface area contributed by atoms with Crippen molar-refractivity contribution in [3.05, 3.63) is 120 Å². The Morgan fingerprint density at radius 3 is 2.51 bits per heavy atom. The molecule has 6 rings (SSSR count). The molecule has 11 heteroatoms. The Bertz CT molecular complexity index is 1760. The summed E-state index contributed by atoms with van der Waals surface area (Å²) in [5, 5.41) is 21.7. The van der Waals surface area contributed by atoms with E-state index in [1.165, 1.54) is 0 Å². The summed E-state index contributed by atoms with van der Waals surface area (Å²) in [6.07, 6.45) is 3.29. The fourth-order valence-corrected chi connectivity index (χ4v) is 9.94. The quantitative estimate of drug-likeness (QED) is 0.116. The zero-order valence-electron chi connectivity index (χ0n) is 26.8. The molecular formula is C36H40FN5O4Si. The average molecular weight is 654 g/mol. The molecule has 0 aliphatic carbocycles. The average Bonchev–Trinajstić information content (AvgIpc) is 3.72. The van der Waals surface area contributed by atoms with Crippen LogP contribution in [0.2, 0.25) is 18.6 Å². The monoisotopic (exact) mass is 653 g/mol. The van der Waals surface area contributed by atoms with Gasteiger partial charge >= 0.3 is 0 Å². The molecule has 0 saturated carbocycles. The summed E-state index contributed by atoms with van der Waals surface area (Å²) in [6.45, 7) is 9.63. The van der Waals surface area contributed by atoms with Crippen molar-refractivity contribution >= 4 is 31.6 Å². The number of anilines is 2. The van der Waals surface area contributed by atoms with E-state index in [0.717, 1.165) is 5.56 Å². The lowest BCUT2D eigenvalue weighted by molar-refractivity contribution is -0.145. The molecule has 47 heavy (non-hydrogen) atoms. The van der Waals surface area contributed by atoms with Crippen LogP contribution in [0.3, 0.4) is 0 Å². The lowest BCUT2D eigenvalue weighted by Crippen LogP contribution is -2.45. The van der Waals surface area contributed by atoms with Gasteiger partial charge in [0.2, 0.25) is 8.41 Å². The summed E-state index contributed by atoms with van der Waals surface area (Å²) in [5.41, 5.74) is 1.95. The van der Waals surface area contributed by atoms with Gasteiger partial charge in [-0.1, -0.05) is 66.7 Å². The number of carbonyl (C=O) groups excluding carboxylic acids is 2. The van der Waals surface area contributed by atoms with Crippen molar-refractivity contribution in [2.45, 2.75) is 56.1 Å². The number of rotatable bonds is 11. The van der Waals surface area contributed by atoms with Crippen LogP contribution >= 0.6 is 0 Å². The minimum atomic E-state index is -3.38. The molecule has 4 aromatic rings. The number of nitrogens with zero attached hydrogens (tertiary/aromatic N) is 4. The first-order valence-corrected chi connectivity index (χ1v) is 18.9. The largest absolute Gasteiger partial charge is 0.395 e.